The largest absolute Gasteiger partial charge is 0.491 e. The second-order valence-electron chi connectivity index (χ2n) is 4.79. The first-order valence-corrected chi connectivity index (χ1v) is 6.74. The van der Waals surface area contributed by atoms with Gasteiger partial charge in [-0.15, -0.1) is 0 Å². The Balaban J connectivity index is 2.83. The van der Waals surface area contributed by atoms with E-state index in [9.17, 15) is 10.1 Å². The Morgan fingerprint density at radius 1 is 1.30 bits per heavy atom. The summed E-state index contributed by atoms with van der Waals surface area (Å²) < 4.78 is 10.9. The number of hydrogen-bond donors (Lipinski definition) is 1. The van der Waals surface area contributed by atoms with E-state index < -0.39 is 4.92 Å². The summed E-state index contributed by atoms with van der Waals surface area (Å²) >= 11 is 0. The van der Waals surface area contributed by atoms with E-state index in [1.54, 1.807) is 6.07 Å². The van der Waals surface area contributed by atoms with Crippen molar-refractivity contribution in [3.63, 3.8) is 0 Å². The van der Waals surface area contributed by atoms with Gasteiger partial charge in [-0.25, -0.2) is 0 Å². The average molecular weight is 282 g/mol. The number of rotatable bonds is 8. The molecule has 1 aromatic carbocycles. The number of non-ortho nitro benzene ring substituents is 1. The third-order valence-corrected chi connectivity index (χ3v) is 2.52. The number of nitro benzene ring substituents is 1. The van der Waals surface area contributed by atoms with Crippen molar-refractivity contribution in [3.05, 3.63) is 28.3 Å². The van der Waals surface area contributed by atoms with Crippen LogP contribution in [0.3, 0.4) is 0 Å². The minimum atomic E-state index is -0.426. The van der Waals surface area contributed by atoms with Gasteiger partial charge in [0.05, 0.1) is 23.2 Å². The van der Waals surface area contributed by atoms with Gasteiger partial charge in [0.1, 0.15) is 5.75 Å². The summed E-state index contributed by atoms with van der Waals surface area (Å²) in [6.45, 7) is 8.85. The zero-order valence-corrected chi connectivity index (χ0v) is 12.4. The topological polar surface area (TPSA) is 73.6 Å². The van der Waals surface area contributed by atoms with Crippen LogP contribution in [-0.2, 0) is 4.74 Å². The van der Waals surface area contributed by atoms with Crippen LogP contribution < -0.4 is 10.1 Å². The van der Waals surface area contributed by atoms with Gasteiger partial charge in [0, 0.05) is 31.0 Å². The smallest absolute Gasteiger partial charge is 0.275 e. The molecule has 0 radical (unpaired) electrons. The van der Waals surface area contributed by atoms with Crippen LogP contribution in [0.4, 0.5) is 11.4 Å². The van der Waals surface area contributed by atoms with Gasteiger partial charge in [0.2, 0.25) is 0 Å². The van der Waals surface area contributed by atoms with Crippen LogP contribution in [0.25, 0.3) is 0 Å². The van der Waals surface area contributed by atoms with Crippen LogP contribution in [0.5, 0.6) is 5.75 Å². The van der Waals surface area contributed by atoms with E-state index in [1.165, 1.54) is 12.1 Å². The van der Waals surface area contributed by atoms with Crippen molar-refractivity contribution in [2.75, 3.05) is 18.5 Å². The van der Waals surface area contributed by atoms with E-state index in [-0.39, 0.29) is 17.9 Å². The van der Waals surface area contributed by atoms with Gasteiger partial charge in [-0.1, -0.05) is 0 Å². The maximum atomic E-state index is 10.9. The molecule has 0 fully saturated rings. The molecule has 0 spiro atoms. The fraction of sp³-hybridized carbons (Fsp3) is 0.571. The molecule has 0 saturated heterocycles. The molecule has 0 bridgehead atoms. The molecule has 1 unspecified atom stereocenters. The van der Waals surface area contributed by atoms with Crippen LogP contribution in [0.1, 0.15) is 27.7 Å². The molecule has 6 heteroatoms. The minimum absolute atomic E-state index is 0.00899. The van der Waals surface area contributed by atoms with Crippen LogP contribution in [0.15, 0.2) is 18.2 Å². The van der Waals surface area contributed by atoms with E-state index in [0.29, 0.717) is 24.6 Å². The molecule has 1 rings (SSSR count). The highest BCUT2D eigenvalue weighted by Crippen LogP contribution is 2.26. The zero-order chi connectivity index (χ0) is 15.1. The summed E-state index contributed by atoms with van der Waals surface area (Å²) in [7, 11) is 0. The SMILES string of the molecule is CCOC(C)CNc1cc(OC(C)C)cc([N+](=O)[O-])c1. The van der Waals surface area contributed by atoms with Gasteiger partial charge in [-0.3, -0.25) is 10.1 Å². The molecule has 20 heavy (non-hydrogen) atoms. The molecular weight excluding hydrogens is 260 g/mol. The van der Waals surface area contributed by atoms with Crippen molar-refractivity contribution < 1.29 is 14.4 Å². The van der Waals surface area contributed by atoms with Crippen molar-refractivity contribution in [3.8, 4) is 5.75 Å². The van der Waals surface area contributed by atoms with Crippen molar-refractivity contribution in [1.82, 2.24) is 0 Å². The normalized spacial score (nSPS) is 12.2. The number of anilines is 1. The molecule has 0 aliphatic carbocycles. The van der Waals surface area contributed by atoms with Gasteiger partial charge < -0.3 is 14.8 Å². The van der Waals surface area contributed by atoms with E-state index in [0.717, 1.165) is 0 Å². The molecule has 1 aromatic rings. The van der Waals surface area contributed by atoms with Gasteiger partial charge in [0.15, 0.2) is 0 Å². The van der Waals surface area contributed by atoms with Crippen molar-refractivity contribution in [2.24, 2.45) is 0 Å². The molecule has 112 valence electrons. The summed E-state index contributed by atoms with van der Waals surface area (Å²) in [6.07, 6.45) is 0.000863. The molecule has 1 atom stereocenters. The van der Waals surface area contributed by atoms with E-state index >= 15 is 0 Å². The van der Waals surface area contributed by atoms with Crippen LogP contribution in [-0.4, -0.2) is 30.3 Å². The lowest BCUT2D eigenvalue weighted by molar-refractivity contribution is -0.384. The number of nitrogens with one attached hydrogen (secondary N) is 1. The third-order valence-electron chi connectivity index (χ3n) is 2.52. The van der Waals surface area contributed by atoms with Crippen LogP contribution >= 0.6 is 0 Å². The maximum Gasteiger partial charge on any atom is 0.275 e. The van der Waals surface area contributed by atoms with Crippen LogP contribution in [0.2, 0.25) is 0 Å². The fourth-order valence-corrected chi connectivity index (χ4v) is 1.74. The third kappa shape index (κ3) is 5.44. The molecule has 0 aliphatic rings. The van der Waals surface area contributed by atoms with Gasteiger partial charge in [0.25, 0.3) is 5.69 Å². The second kappa shape index (κ2) is 7.69. The lowest BCUT2D eigenvalue weighted by Gasteiger charge is -2.15. The first-order chi connectivity index (χ1) is 9.42. The monoisotopic (exact) mass is 282 g/mol. The Bertz CT molecular complexity index is 449. The molecule has 0 aromatic heterocycles. The van der Waals surface area contributed by atoms with Gasteiger partial charge in [-0.2, -0.15) is 0 Å². The number of ether oxygens (including phenoxy) is 2. The summed E-state index contributed by atoms with van der Waals surface area (Å²) in [5, 5.41) is 14.1. The summed E-state index contributed by atoms with van der Waals surface area (Å²) in [4.78, 5) is 10.5. The average Bonchev–Trinajstić information content (AvgIpc) is 2.35. The van der Waals surface area contributed by atoms with E-state index in [4.69, 9.17) is 9.47 Å². The number of benzene rings is 1. The Morgan fingerprint density at radius 2 is 2.00 bits per heavy atom. The predicted octanol–water partition coefficient (Wildman–Crippen LogP) is 3.22. The number of hydrogen-bond acceptors (Lipinski definition) is 5. The summed E-state index contributed by atoms with van der Waals surface area (Å²) in [6, 6.07) is 4.68. The quantitative estimate of drug-likeness (QED) is 0.585. The summed E-state index contributed by atoms with van der Waals surface area (Å²) in [5.41, 5.74) is 0.663. The van der Waals surface area contributed by atoms with Crippen molar-refractivity contribution >= 4 is 11.4 Å². The lowest BCUT2D eigenvalue weighted by Crippen LogP contribution is -2.19. The highest BCUT2D eigenvalue weighted by Gasteiger charge is 2.12. The first-order valence-electron chi connectivity index (χ1n) is 6.74. The number of nitro groups is 1. The Morgan fingerprint density at radius 3 is 2.55 bits per heavy atom. The molecule has 0 saturated carbocycles. The molecule has 6 nitrogen and oxygen atoms in total. The molecule has 0 aliphatic heterocycles. The van der Waals surface area contributed by atoms with Gasteiger partial charge in [-0.05, 0) is 27.7 Å². The molecule has 0 amide bonds. The zero-order valence-electron chi connectivity index (χ0n) is 12.4. The van der Waals surface area contributed by atoms with Crippen LogP contribution in [0, 0.1) is 10.1 Å². The highest BCUT2D eigenvalue weighted by atomic mass is 16.6. The van der Waals surface area contributed by atoms with E-state index in [1.807, 2.05) is 27.7 Å². The molecular formula is C14H22N2O4. The summed E-state index contributed by atoms with van der Waals surface area (Å²) in [5.74, 6) is 0.487. The lowest BCUT2D eigenvalue weighted by atomic mass is 10.2. The predicted molar refractivity (Wildman–Crippen MR) is 78.4 cm³/mol. The minimum Gasteiger partial charge on any atom is -0.491 e. The fourth-order valence-electron chi connectivity index (χ4n) is 1.74. The Labute approximate surface area is 119 Å². The number of nitrogens with zero attached hydrogens (tertiary/aromatic N) is 1. The second-order valence-corrected chi connectivity index (χ2v) is 4.79. The molecule has 1 N–H and O–H groups in total. The Hall–Kier alpha value is -1.82. The van der Waals surface area contributed by atoms with E-state index in [2.05, 4.69) is 5.32 Å². The standard InChI is InChI=1S/C14H22N2O4/c1-5-19-11(4)9-15-12-6-13(16(17)18)8-14(7-12)20-10(2)3/h6-8,10-11,15H,5,9H2,1-4H3. The first kappa shape index (κ1) is 16.2. The van der Waals surface area contributed by atoms with Crippen molar-refractivity contribution in [1.29, 1.82) is 0 Å². The van der Waals surface area contributed by atoms with Crippen molar-refractivity contribution in [2.45, 2.75) is 39.9 Å². The van der Waals surface area contributed by atoms with Gasteiger partial charge >= 0.3 is 0 Å². The molecule has 0 heterocycles. The Kier molecular flexibility index (Phi) is 6.24. The highest BCUT2D eigenvalue weighted by molar-refractivity contribution is 5.56. The maximum absolute atomic E-state index is 10.9.